The van der Waals surface area contributed by atoms with Crippen LogP contribution in [-0.2, 0) is 21.5 Å². The van der Waals surface area contributed by atoms with Crippen molar-refractivity contribution in [1.29, 1.82) is 0 Å². The second kappa shape index (κ2) is 8.91. The lowest BCUT2D eigenvalue weighted by atomic mass is 10.1. The fraction of sp³-hybridized carbons (Fsp3) is 0.588. The maximum Gasteiger partial charge on any atom is 0.308 e. The predicted molar refractivity (Wildman–Crippen MR) is 91.7 cm³/mol. The van der Waals surface area contributed by atoms with Crippen molar-refractivity contribution in [3.05, 3.63) is 29.8 Å². The van der Waals surface area contributed by atoms with Gasteiger partial charge in [-0.2, -0.15) is 8.42 Å². The Kier molecular flexibility index (Phi) is 7.55. The Morgan fingerprint density at radius 2 is 1.78 bits per heavy atom. The van der Waals surface area contributed by atoms with Crippen LogP contribution in [0.2, 0.25) is 0 Å². The lowest BCUT2D eigenvalue weighted by Crippen LogP contribution is -2.37. The Hall–Kier alpha value is -1.56. The van der Waals surface area contributed by atoms with E-state index in [0.717, 1.165) is 18.4 Å². The Labute approximate surface area is 139 Å². The van der Waals surface area contributed by atoms with Crippen LogP contribution < -0.4 is 4.18 Å². The minimum Gasteiger partial charge on any atom is -0.382 e. The van der Waals surface area contributed by atoms with Gasteiger partial charge in [-0.15, -0.1) is 0 Å². The predicted octanol–water partition coefficient (Wildman–Crippen LogP) is 3.34. The molecule has 0 aliphatic carbocycles. The number of hydrogen-bond acceptors (Lipinski definition) is 4. The molecule has 1 unspecified atom stereocenters. The van der Waals surface area contributed by atoms with Crippen LogP contribution in [0.5, 0.6) is 5.75 Å². The molecule has 0 spiro atoms. The average molecular weight is 341 g/mol. The molecule has 0 saturated heterocycles. The summed E-state index contributed by atoms with van der Waals surface area (Å²) in [6, 6.07) is 7.03. The van der Waals surface area contributed by atoms with Crippen molar-refractivity contribution in [2.75, 3.05) is 5.75 Å². The molecule has 0 saturated carbocycles. The van der Waals surface area contributed by atoms with Crippen molar-refractivity contribution in [3.63, 3.8) is 0 Å². The molecule has 23 heavy (non-hydrogen) atoms. The van der Waals surface area contributed by atoms with Gasteiger partial charge in [-0.3, -0.25) is 4.79 Å². The van der Waals surface area contributed by atoms with E-state index in [1.807, 2.05) is 18.7 Å². The summed E-state index contributed by atoms with van der Waals surface area (Å²) in [7, 11) is -3.51. The van der Waals surface area contributed by atoms with E-state index in [0.29, 0.717) is 18.7 Å². The van der Waals surface area contributed by atoms with Crippen LogP contribution in [0, 0.1) is 0 Å². The van der Waals surface area contributed by atoms with Crippen molar-refractivity contribution in [3.8, 4) is 5.75 Å². The molecule has 0 aliphatic rings. The Morgan fingerprint density at radius 1 is 1.17 bits per heavy atom. The molecule has 6 heteroatoms. The summed E-state index contributed by atoms with van der Waals surface area (Å²) in [4.78, 5) is 14.1. The minimum atomic E-state index is -3.51. The zero-order chi connectivity index (χ0) is 17.5. The largest absolute Gasteiger partial charge is 0.382 e. The van der Waals surface area contributed by atoms with Crippen molar-refractivity contribution in [1.82, 2.24) is 4.90 Å². The Balaban J connectivity index is 2.83. The smallest absolute Gasteiger partial charge is 0.308 e. The molecule has 0 fully saturated rings. The van der Waals surface area contributed by atoms with Gasteiger partial charge in [0.25, 0.3) is 0 Å². The van der Waals surface area contributed by atoms with E-state index in [1.165, 1.54) is 6.92 Å². The summed E-state index contributed by atoms with van der Waals surface area (Å²) in [5, 5.41) is 0. The van der Waals surface area contributed by atoms with Gasteiger partial charge in [0.05, 0.1) is 5.75 Å². The zero-order valence-electron chi connectivity index (χ0n) is 14.4. The molecule has 5 nitrogen and oxygen atoms in total. The number of benzene rings is 1. The lowest BCUT2D eigenvalue weighted by Gasteiger charge is -2.29. The van der Waals surface area contributed by atoms with E-state index in [1.54, 1.807) is 24.3 Å². The van der Waals surface area contributed by atoms with Crippen molar-refractivity contribution in [2.24, 2.45) is 0 Å². The molecule has 0 heterocycles. The molecule has 0 radical (unpaired) electrons. The SMILES string of the molecule is CCCC(=O)N(Cc1ccc(OS(=O)(=O)CC)cc1)C(C)CC. The van der Waals surface area contributed by atoms with Crippen LogP contribution in [0.1, 0.15) is 52.5 Å². The molecule has 0 aliphatic heterocycles. The second-order valence-corrected chi connectivity index (χ2v) is 7.46. The third kappa shape index (κ3) is 6.22. The topological polar surface area (TPSA) is 63.7 Å². The van der Waals surface area contributed by atoms with Crippen LogP contribution in [0.4, 0.5) is 0 Å². The number of rotatable bonds is 9. The van der Waals surface area contributed by atoms with Gasteiger partial charge in [0.2, 0.25) is 5.91 Å². The summed E-state index contributed by atoms with van der Waals surface area (Å²) in [6.45, 7) is 8.15. The summed E-state index contributed by atoms with van der Waals surface area (Å²) in [5.74, 6) is 0.378. The maximum absolute atomic E-state index is 12.3. The van der Waals surface area contributed by atoms with Crippen LogP contribution in [0.3, 0.4) is 0 Å². The molecular weight excluding hydrogens is 314 g/mol. The first-order valence-corrected chi connectivity index (χ1v) is 9.71. The van der Waals surface area contributed by atoms with Crippen LogP contribution in [0.15, 0.2) is 24.3 Å². The highest BCUT2D eigenvalue weighted by atomic mass is 32.2. The summed E-state index contributed by atoms with van der Waals surface area (Å²) >= 11 is 0. The highest BCUT2D eigenvalue weighted by molar-refractivity contribution is 7.87. The van der Waals surface area contributed by atoms with E-state index in [9.17, 15) is 13.2 Å². The summed E-state index contributed by atoms with van der Waals surface area (Å²) < 4.78 is 27.8. The standard InChI is InChI=1S/C17H27NO4S/c1-5-8-17(19)18(14(4)6-2)13-15-9-11-16(12-10-15)22-23(20,21)7-3/h9-12,14H,5-8,13H2,1-4H3. The Morgan fingerprint density at radius 3 is 2.26 bits per heavy atom. The number of carbonyl (C=O) groups is 1. The van der Waals surface area contributed by atoms with E-state index < -0.39 is 10.1 Å². The van der Waals surface area contributed by atoms with Crippen LogP contribution in [0.25, 0.3) is 0 Å². The molecule has 1 atom stereocenters. The minimum absolute atomic E-state index is 0.0674. The quantitative estimate of drug-likeness (QED) is 0.646. The van der Waals surface area contributed by atoms with Crippen molar-refractivity contribution in [2.45, 2.75) is 59.5 Å². The van der Waals surface area contributed by atoms with Gasteiger partial charge >= 0.3 is 10.1 Å². The number of amides is 1. The molecule has 0 N–H and O–H groups in total. The zero-order valence-corrected chi connectivity index (χ0v) is 15.2. The van der Waals surface area contributed by atoms with Crippen LogP contribution in [-0.4, -0.2) is 31.0 Å². The van der Waals surface area contributed by atoms with Crippen LogP contribution >= 0.6 is 0 Å². The van der Waals surface area contributed by atoms with Crippen molar-refractivity contribution >= 4 is 16.0 Å². The van der Waals surface area contributed by atoms with Crippen molar-refractivity contribution < 1.29 is 17.4 Å². The molecule has 130 valence electrons. The highest BCUT2D eigenvalue weighted by Gasteiger charge is 2.18. The summed E-state index contributed by atoms with van der Waals surface area (Å²) in [5.41, 5.74) is 0.955. The average Bonchev–Trinajstić information content (AvgIpc) is 2.53. The monoisotopic (exact) mass is 341 g/mol. The van der Waals surface area contributed by atoms with Gasteiger partial charge in [-0.05, 0) is 44.4 Å². The van der Waals surface area contributed by atoms with Gasteiger partial charge in [0.1, 0.15) is 5.75 Å². The summed E-state index contributed by atoms with van der Waals surface area (Å²) in [6.07, 6.45) is 2.26. The number of nitrogens with zero attached hydrogens (tertiary/aromatic N) is 1. The third-order valence-electron chi connectivity index (χ3n) is 3.76. The van der Waals surface area contributed by atoms with E-state index in [2.05, 4.69) is 6.92 Å². The van der Waals surface area contributed by atoms with Gasteiger partial charge in [0.15, 0.2) is 0 Å². The second-order valence-electron chi connectivity index (χ2n) is 5.60. The highest BCUT2D eigenvalue weighted by Crippen LogP contribution is 2.18. The normalized spacial score (nSPS) is 12.7. The van der Waals surface area contributed by atoms with Gasteiger partial charge in [-0.25, -0.2) is 0 Å². The number of carbonyl (C=O) groups excluding carboxylic acids is 1. The fourth-order valence-corrected chi connectivity index (χ4v) is 2.64. The molecule has 1 rings (SSSR count). The first-order valence-electron chi connectivity index (χ1n) is 8.13. The fourth-order valence-electron chi connectivity index (χ4n) is 2.12. The molecule has 1 aromatic rings. The third-order valence-corrected chi connectivity index (χ3v) is 4.91. The molecular formula is C17H27NO4S. The molecule has 1 amide bonds. The lowest BCUT2D eigenvalue weighted by molar-refractivity contribution is -0.134. The van der Waals surface area contributed by atoms with Gasteiger partial charge < -0.3 is 9.08 Å². The molecule has 0 bridgehead atoms. The molecule has 1 aromatic carbocycles. The first-order chi connectivity index (χ1) is 10.8. The molecule has 0 aromatic heterocycles. The Bertz CT molecular complexity index is 596. The van der Waals surface area contributed by atoms with E-state index in [-0.39, 0.29) is 17.7 Å². The van der Waals surface area contributed by atoms with E-state index in [4.69, 9.17) is 4.18 Å². The number of hydrogen-bond donors (Lipinski definition) is 0. The van der Waals surface area contributed by atoms with Gasteiger partial charge in [0, 0.05) is 19.0 Å². The van der Waals surface area contributed by atoms with Gasteiger partial charge in [-0.1, -0.05) is 26.0 Å². The van der Waals surface area contributed by atoms with E-state index >= 15 is 0 Å². The first kappa shape index (κ1) is 19.5. The maximum atomic E-state index is 12.3.